The van der Waals surface area contributed by atoms with Crippen LogP contribution in [0, 0.1) is 17.0 Å². The molecule has 1 fully saturated rings. The molecule has 0 spiro atoms. The fourth-order valence-electron chi connectivity index (χ4n) is 4.21. The van der Waals surface area contributed by atoms with Crippen molar-refractivity contribution >= 4 is 11.6 Å². The van der Waals surface area contributed by atoms with Crippen LogP contribution in [0.15, 0.2) is 65.5 Å². The van der Waals surface area contributed by atoms with Gasteiger partial charge in [0.05, 0.1) is 11.0 Å². The van der Waals surface area contributed by atoms with Crippen LogP contribution in [0.1, 0.15) is 40.6 Å². The van der Waals surface area contributed by atoms with Gasteiger partial charge in [0, 0.05) is 24.4 Å². The molecular formula is C24H25N5O4. The highest BCUT2D eigenvalue weighted by Crippen LogP contribution is 2.25. The molecule has 9 heteroatoms. The summed E-state index contributed by atoms with van der Waals surface area (Å²) < 4.78 is 1.27. The van der Waals surface area contributed by atoms with Crippen LogP contribution in [0.3, 0.4) is 0 Å². The largest absolute Gasteiger partial charge is 0.349 e. The third-order valence-electron chi connectivity index (χ3n) is 5.85. The van der Waals surface area contributed by atoms with Crippen molar-refractivity contribution < 1.29 is 9.72 Å². The predicted molar refractivity (Wildman–Crippen MR) is 124 cm³/mol. The van der Waals surface area contributed by atoms with Crippen LogP contribution in [-0.4, -0.2) is 45.1 Å². The van der Waals surface area contributed by atoms with Crippen molar-refractivity contribution in [3.05, 3.63) is 98.0 Å². The van der Waals surface area contributed by atoms with E-state index >= 15 is 0 Å². The molecule has 170 valence electrons. The summed E-state index contributed by atoms with van der Waals surface area (Å²) in [6.07, 6.45) is 2.22. The minimum atomic E-state index is -0.604. The second kappa shape index (κ2) is 9.74. The maximum atomic E-state index is 13.0. The monoisotopic (exact) mass is 447 g/mol. The first kappa shape index (κ1) is 22.3. The standard InChI is InChI=1S/C24H25N5O4/c1-17-15-22(30)23(26-28(17)19-11-5-6-12-20(19)29(32)33)24(31)25-16-21(27-13-7-8-14-27)18-9-3-2-4-10-18/h2-6,9-12,15,21H,7-8,13-14,16H2,1H3,(H,25,31). The second-order valence-electron chi connectivity index (χ2n) is 8.04. The highest BCUT2D eigenvalue weighted by molar-refractivity contribution is 5.92. The fourth-order valence-corrected chi connectivity index (χ4v) is 4.21. The van der Waals surface area contributed by atoms with Gasteiger partial charge < -0.3 is 5.32 Å². The Kier molecular flexibility index (Phi) is 6.60. The van der Waals surface area contributed by atoms with E-state index in [0.29, 0.717) is 12.2 Å². The number of rotatable bonds is 7. The molecule has 1 atom stereocenters. The first-order valence-corrected chi connectivity index (χ1v) is 10.9. The van der Waals surface area contributed by atoms with Gasteiger partial charge in [-0.15, -0.1) is 0 Å². The fraction of sp³-hybridized carbons (Fsp3) is 0.292. The van der Waals surface area contributed by atoms with Gasteiger partial charge in [-0.2, -0.15) is 5.10 Å². The Bertz CT molecular complexity index is 1220. The van der Waals surface area contributed by atoms with Crippen molar-refractivity contribution in [2.45, 2.75) is 25.8 Å². The van der Waals surface area contributed by atoms with E-state index in [-0.39, 0.29) is 23.1 Å². The molecule has 0 saturated carbocycles. The van der Waals surface area contributed by atoms with Gasteiger partial charge in [-0.25, -0.2) is 4.68 Å². The number of amides is 1. The second-order valence-corrected chi connectivity index (χ2v) is 8.04. The van der Waals surface area contributed by atoms with Crippen molar-refractivity contribution in [2.24, 2.45) is 0 Å². The normalized spacial score (nSPS) is 14.7. The van der Waals surface area contributed by atoms with Crippen LogP contribution in [0.25, 0.3) is 5.69 Å². The molecule has 0 aliphatic carbocycles. The number of nitrogens with zero attached hydrogens (tertiary/aromatic N) is 4. The van der Waals surface area contributed by atoms with Gasteiger partial charge in [0.15, 0.2) is 5.69 Å². The van der Waals surface area contributed by atoms with Gasteiger partial charge in [0.1, 0.15) is 5.69 Å². The predicted octanol–water partition coefficient (Wildman–Crippen LogP) is 3.02. The number of aryl methyl sites for hydroxylation is 1. The van der Waals surface area contributed by atoms with Crippen LogP contribution in [0.2, 0.25) is 0 Å². The average Bonchev–Trinajstić information content (AvgIpc) is 3.34. The van der Waals surface area contributed by atoms with Crippen LogP contribution in [0.5, 0.6) is 0 Å². The quantitative estimate of drug-likeness (QED) is 0.440. The number of nitro groups is 1. The Morgan fingerprint density at radius 3 is 2.48 bits per heavy atom. The summed E-state index contributed by atoms with van der Waals surface area (Å²) in [5.41, 5.74) is 0.678. The van der Waals surface area contributed by atoms with E-state index in [0.717, 1.165) is 31.5 Å². The Morgan fingerprint density at radius 1 is 1.12 bits per heavy atom. The van der Waals surface area contributed by atoms with E-state index < -0.39 is 16.3 Å². The molecule has 3 aromatic rings. The summed E-state index contributed by atoms with van der Waals surface area (Å²) in [5, 5.41) is 18.5. The van der Waals surface area contributed by atoms with Crippen LogP contribution in [-0.2, 0) is 0 Å². The minimum Gasteiger partial charge on any atom is -0.349 e. The minimum absolute atomic E-state index is 0.0134. The molecule has 1 aliphatic heterocycles. The van der Waals surface area contributed by atoms with E-state index in [4.69, 9.17) is 0 Å². The lowest BCUT2D eigenvalue weighted by molar-refractivity contribution is -0.384. The third kappa shape index (κ3) is 4.83. The molecule has 4 rings (SSSR count). The van der Waals surface area contributed by atoms with Gasteiger partial charge in [0.2, 0.25) is 5.43 Å². The van der Waals surface area contributed by atoms with Gasteiger partial charge >= 0.3 is 0 Å². The number of nitro benzene ring substituents is 1. The van der Waals surface area contributed by atoms with E-state index in [2.05, 4.69) is 15.3 Å². The van der Waals surface area contributed by atoms with Crippen molar-refractivity contribution in [1.82, 2.24) is 20.0 Å². The summed E-state index contributed by atoms with van der Waals surface area (Å²) in [7, 11) is 0. The van der Waals surface area contributed by atoms with Crippen molar-refractivity contribution in [3.63, 3.8) is 0 Å². The molecular weight excluding hydrogens is 422 g/mol. The summed E-state index contributed by atoms with van der Waals surface area (Å²) >= 11 is 0. The van der Waals surface area contributed by atoms with E-state index in [1.54, 1.807) is 19.1 Å². The summed E-state index contributed by atoms with van der Waals surface area (Å²) in [6, 6.07) is 17.3. The highest BCUT2D eigenvalue weighted by Gasteiger charge is 2.25. The van der Waals surface area contributed by atoms with Crippen molar-refractivity contribution in [2.75, 3.05) is 19.6 Å². The zero-order valence-electron chi connectivity index (χ0n) is 18.3. The smallest absolute Gasteiger partial charge is 0.294 e. The number of carbonyl (C=O) groups is 1. The number of hydrogen-bond acceptors (Lipinski definition) is 6. The maximum Gasteiger partial charge on any atom is 0.294 e. The molecule has 9 nitrogen and oxygen atoms in total. The van der Waals surface area contributed by atoms with Crippen LogP contribution < -0.4 is 10.7 Å². The van der Waals surface area contributed by atoms with Gasteiger partial charge in [0.25, 0.3) is 11.6 Å². The number of nitrogens with one attached hydrogen (secondary N) is 1. The number of benzene rings is 2. The average molecular weight is 447 g/mol. The van der Waals surface area contributed by atoms with Gasteiger partial charge in [-0.3, -0.25) is 24.6 Å². The summed E-state index contributed by atoms with van der Waals surface area (Å²) in [6.45, 7) is 3.83. The lowest BCUT2D eigenvalue weighted by Crippen LogP contribution is -2.39. The molecule has 1 aromatic heterocycles. The Balaban J connectivity index is 1.61. The van der Waals surface area contributed by atoms with Crippen LogP contribution in [0.4, 0.5) is 5.69 Å². The topological polar surface area (TPSA) is 110 Å². The van der Waals surface area contributed by atoms with E-state index in [9.17, 15) is 19.7 Å². The highest BCUT2D eigenvalue weighted by atomic mass is 16.6. The Morgan fingerprint density at radius 2 is 1.79 bits per heavy atom. The molecule has 1 saturated heterocycles. The molecule has 2 aromatic carbocycles. The number of aromatic nitrogens is 2. The molecule has 1 aliphatic rings. The van der Waals surface area contributed by atoms with Crippen LogP contribution >= 0.6 is 0 Å². The first-order chi connectivity index (χ1) is 16.0. The number of likely N-dealkylation sites (tertiary alicyclic amines) is 1. The first-order valence-electron chi connectivity index (χ1n) is 10.9. The Labute approximate surface area is 190 Å². The Hall–Kier alpha value is -3.85. The lowest BCUT2D eigenvalue weighted by atomic mass is 10.1. The molecule has 1 N–H and O–H groups in total. The van der Waals surface area contributed by atoms with Crippen molar-refractivity contribution in [1.29, 1.82) is 0 Å². The molecule has 1 unspecified atom stereocenters. The summed E-state index contributed by atoms with van der Waals surface area (Å²) in [5.74, 6) is -0.604. The van der Waals surface area contributed by atoms with Crippen molar-refractivity contribution in [3.8, 4) is 5.69 Å². The summed E-state index contributed by atoms with van der Waals surface area (Å²) in [4.78, 5) is 38.8. The number of carbonyl (C=O) groups excluding carboxylic acids is 1. The zero-order valence-corrected chi connectivity index (χ0v) is 18.3. The van der Waals surface area contributed by atoms with Gasteiger partial charge in [-0.1, -0.05) is 42.5 Å². The maximum absolute atomic E-state index is 13.0. The molecule has 0 bridgehead atoms. The molecule has 33 heavy (non-hydrogen) atoms. The van der Waals surface area contributed by atoms with Gasteiger partial charge in [-0.05, 0) is 44.5 Å². The molecule has 1 amide bonds. The van der Waals surface area contributed by atoms with E-state index in [1.807, 2.05) is 30.3 Å². The lowest BCUT2D eigenvalue weighted by Gasteiger charge is -2.28. The van der Waals surface area contributed by atoms with E-state index in [1.165, 1.54) is 22.9 Å². The number of para-hydroxylation sites is 2. The SMILES string of the molecule is Cc1cc(=O)c(C(=O)NCC(c2ccccc2)N2CCCC2)nn1-c1ccccc1[N+](=O)[O-]. The molecule has 2 heterocycles. The third-order valence-corrected chi connectivity index (χ3v) is 5.85. The zero-order chi connectivity index (χ0) is 23.4. The number of hydrogen-bond donors (Lipinski definition) is 1. The molecule has 0 radical (unpaired) electrons.